The molecule has 0 aromatic heterocycles. The Morgan fingerprint density at radius 3 is 2.60 bits per heavy atom. The van der Waals surface area contributed by atoms with Gasteiger partial charge in [-0.3, -0.25) is 4.79 Å². The highest BCUT2D eigenvalue weighted by Crippen LogP contribution is 1.97. The number of carbonyl (C=O) groups excluding carboxylic acids is 1. The highest BCUT2D eigenvalue weighted by Gasteiger charge is 2.14. The summed E-state index contributed by atoms with van der Waals surface area (Å²) in [5.41, 5.74) is 0. The van der Waals surface area contributed by atoms with Gasteiger partial charge in [-0.15, -0.1) is 0 Å². The number of hydrogen-bond acceptors (Lipinski definition) is 3. The van der Waals surface area contributed by atoms with Crippen molar-refractivity contribution in [1.29, 1.82) is 0 Å². The van der Waals surface area contributed by atoms with E-state index in [0.29, 0.717) is 19.0 Å². The van der Waals surface area contributed by atoms with Gasteiger partial charge < -0.3 is 9.64 Å². The van der Waals surface area contributed by atoms with Crippen molar-refractivity contribution in [1.82, 2.24) is 4.90 Å². The molecule has 1 aliphatic heterocycles. The Morgan fingerprint density at radius 1 is 1.50 bits per heavy atom. The normalized spacial score (nSPS) is 19.1. The fraction of sp³-hybridized carbons (Fsp3) is 0.833. The van der Waals surface area contributed by atoms with E-state index in [0.717, 1.165) is 13.1 Å². The maximum Gasteiger partial charge on any atom is 0.232 e. The number of morpholine rings is 1. The molecule has 1 aliphatic rings. The zero-order valence-electron chi connectivity index (χ0n) is 5.75. The molecule has 0 spiro atoms. The number of amides is 1. The molecule has 0 aromatic carbocycles. The molecule has 0 bridgehead atoms. The van der Waals surface area contributed by atoms with E-state index in [1.165, 1.54) is 0 Å². The van der Waals surface area contributed by atoms with Crippen LogP contribution in [0.5, 0.6) is 0 Å². The third-order valence-corrected chi connectivity index (χ3v) is 1.77. The van der Waals surface area contributed by atoms with Crippen LogP contribution in [0.15, 0.2) is 0 Å². The molecule has 1 saturated heterocycles. The lowest BCUT2D eigenvalue weighted by atomic mass is 10.4. The first-order chi connectivity index (χ1) is 4.84. The maximum atomic E-state index is 11.0. The zero-order valence-corrected chi connectivity index (χ0v) is 6.64. The fourth-order valence-corrected chi connectivity index (χ4v) is 1.11. The van der Waals surface area contributed by atoms with Crippen LogP contribution in [0, 0.1) is 0 Å². The first-order valence-electron chi connectivity index (χ1n) is 3.31. The molecular formula is C6H11NO2S. The van der Waals surface area contributed by atoms with Crippen LogP contribution in [0.1, 0.15) is 0 Å². The van der Waals surface area contributed by atoms with E-state index in [1.807, 2.05) is 0 Å². The molecule has 0 unspecified atom stereocenters. The molecule has 1 heterocycles. The van der Waals surface area contributed by atoms with Crippen molar-refractivity contribution in [2.24, 2.45) is 0 Å². The number of ether oxygens (including phenoxy) is 1. The molecule has 3 nitrogen and oxygen atoms in total. The lowest BCUT2D eigenvalue weighted by molar-refractivity contribution is -0.132. The number of rotatable bonds is 1. The standard InChI is InChI=1S/C6H11NO2S/c8-6(5-10)7-1-3-9-4-2-7/h10H,1-5H2. The number of carbonyl (C=O) groups is 1. The summed E-state index contributed by atoms with van der Waals surface area (Å²) in [6.07, 6.45) is 0. The van der Waals surface area contributed by atoms with Gasteiger partial charge in [-0.1, -0.05) is 0 Å². The summed E-state index contributed by atoms with van der Waals surface area (Å²) < 4.78 is 5.08. The fourth-order valence-electron chi connectivity index (χ4n) is 0.913. The maximum absolute atomic E-state index is 11.0. The van der Waals surface area contributed by atoms with Crippen LogP contribution in [0.2, 0.25) is 0 Å². The van der Waals surface area contributed by atoms with Gasteiger partial charge in [-0.2, -0.15) is 12.6 Å². The largest absolute Gasteiger partial charge is 0.378 e. The van der Waals surface area contributed by atoms with Crippen LogP contribution < -0.4 is 0 Å². The Hall–Kier alpha value is -0.220. The molecule has 4 heteroatoms. The second kappa shape index (κ2) is 3.83. The molecule has 0 N–H and O–H groups in total. The van der Waals surface area contributed by atoms with Gasteiger partial charge >= 0.3 is 0 Å². The van der Waals surface area contributed by atoms with Gasteiger partial charge in [0.25, 0.3) is 0 Å². The van der Waals surface area contributed by atoms with Gasteiger partial charge in [0.2, 0.25) is 5.91 Å². The quantitative estimate of drug-likeness (QED) is 0.539. The average molecular weight is 161 g/mol. The topological polar surface area (TPSA) is 29.5 Å². The van der Waals surface area contributed by atoms with Crippen molar-refractivity contribution in [3.05, 3.63) is 0 Å². The van der Waals surface area contributed by atoms with Crippen LogP contribution in [0.25, 0.3) is 0 Å². The number of nitrogens with zero attached hydrogens (tertiary/aromatic N) is 1. The Kier molecular flexibility index (Phi) is 3.02. The predicted octanol–water partition coefficient (Wildman–Crippen LogP) is -0.225. The molecule has 1 rings (SSSR count). The average Bonchev–Trinajstić information content (AvgIpc) is 2.05. The molecule has 0 atom stereocenters. The van der Waals surface area contributed by atoms with Crippen molar-refractivity contribution >= 4 is 18.5 Å². The molecule has 1 fully saturated rings. The van der Waals surface area contributed by atoms with E-state index >= 15 is 0 Å². The van der Waals surface area contributed by atoms with Gasteiger partial charge in [0.1, 0.15) is 0 Å². The highest BCUT2D eigenvalue weighted by atomic mass is 32.1. The molecule has 10 heavy (non-hydrogen) atoms. The van der Waals surface area contributed by atoms with Crippen LogP contribution in [0.3, 0.4) is 0 Å². The summed E-state index contributed by atoms with van der Waals surface area (Å²) in [6, 6.07) is 0. The molecule has 1 amide bonds. The summed E-state index contributed by atoms with van der Waals surface area (Å²) in [4.78, 5) is 12.7. The van der Waals surface area contributed by atoms with Gasteiger partial charge in [0.15, 0.2) is 0 Å². The van der Waals surface area contributed by atoms with E-state index in [1.54, 1.807) is 4.90 Å². The summed E-state index contributed by atoms with van der Waals surface area (Å²) in [5, 5.41) is 0. The minimum Gasteiger partial charge on any atom is -0.378 e. The predicted molar refractivity (Wildman–Crippen MR) is 41.3 cm³/mol. The summed E-state index contributed by atoms with van der Waals surface area (Å²) >= 11 is 3.89. The van der Waals surface area contributed by atoms with E-state index in [2.05, 4.69) is 12.6 Å². The Balaban J connectivity index is 2.31. The molecule has 0 radical (unpaired) electrons. The molecular weight excluding hydrogens is 150 g/mol. The van der Waals surface area contributed by atoms with Crippen molar-refractivity contribution < 1.29 is 9.53 Å². The SMILES string of the molecule is O=C(CS)N1CCOCC1. The molecule has 58 valence electrons. The van der Waals surface area contributed by atoms with Gasteiger partial charge in [0, 0.05) is 13.1 Å². The van der Waals surface area contributed by atoms with Gasteiger partial charge in [-0.05, 0) is 0 Å². The van der Waals surface area contributed by atoms with Crippen LogP contribution in [-0.4, -0.2) is 42.9 Å². The monoisotopic (exact) mass is 161 g/mol. The van der Waals surface area contributed by atoms with E-state index in [9.17, 15) is 4.79 Å². The number of thiol groups is 1. The lowest BCUT2D eigenvalue weighted by Crippen LogP contribution is -2.41. The Labute approximate surface area is 65.7 Å². The lowest BCUT2D eigenvalue weighted by Gasteiger charge is -2.26. The third-order valence-electron chi connectivity index (χ3n) is 1.50. The second-order valence-electron chi connectivity index (χ2n) is 2.15. The number of hydrogen-bond donors (Lipinski definition) is 1. The molecule has 0 saturated carbocycles. The van der Waals surface area contributed by atoms with E-state index in [4.69, 9.17) is 4.74 Å². The van der Waals surface area contributed by atoms with Crippen molar-refractivity contribution in [2.45, 2.75) is 0 Å². The zero-order chi connectivity index (χ0) is 7.40. The minimum absolute atomic E-state index is 0.103. The van der Waals surface area contributed by atoms with Gasteiger partial charge in [0.05, 0.1) is 19.0 Å². The van der Waals surface area contributed by atoms with Gasteiger partial charge in [-0.25, -0.2) is 0 Å². The second-order valence-corrected chi connectivity index (χ2v) is 2.47. The first kappa shape index (κ1) is 7.88. The summed E-state index contributed by atoms with van der Waals surface area (Å²) in [5.74, 6) is 0.409. The Bertz CT molecular complexity index is 123. The van der Waals surface area contributed by atoms with Crippen LogP contribution in [0.4, 0.5) is 0 Å². The minimum atomic E-state index is 0.103. The van der Waals surface area contributed by atoms with Crippen LogP contribution in [-0.2, 0) is 9.53 Å². The summed E-state index contributed by atoms with van der Waals surface area (Å²) in [6.45, 7) is 2.78. The smallest absolute Gasteiger partial charge is 0.232 e. The van der Waals surface area contributed by atoms with E-state index in [-0.39, 0.29) is 5.91 Å². The Morgan fingerprint density at radius 2 is 2.10 bits per heavy atom. The first-order valence-corrected chi connectivity index (χ1v) is 3.94. The molecule has 0 aliphatic carbocycles. The van der Waals surface area contributed by atoms with Crippen LogP contribution >= 0.6 is 12.6 Å². The third kappa shape index (κ3) is 1.88. The van der Waals surface area contributed by atoms with E-state index < -0.39 is 0 Å². The highest BCUT2D eigenvalue weighted by molar-refractivity contribution is 7.81. The molecule has 0 aromatic rings. The van der Waals surface area contributed by atoms with Crippen molar-refractivity contribution in [3.63, 3.8) is 0 Å². The van der Waals surface area contributed by atoms with Crippen molar-refractivity contribution in [2.75, 3.05) is 32.1 Å². The summed E-state index contributed by atoms with van der Waals surface area (Å²) in [7, 11) is 0. The van der Waals surface area contributed by atoms with Crippen molar-refractivity contribution in [3.8, 4) is 0 Å².